The van der Waals surface area contributed by atoms with Crippen molar-refractivity contribution in [1.82, 2.24) is 0 Å². The van der Waals surface area contributed by atoms with E-state index in [4.69, 9.17) is 4.74 Å². The average molecular weight is 731 g/mol. The molecule has 0 saturated carbocycles. The molecule has 0 fully saturated rings. The normalized spacial score (nSPS) is 18.7. The Bertz CT molecular complexity index is 2340. The van der Waals surface area contributed by atoms with Crippen LogP contribution in [0.15, 0.2) is 151 Å². The van der Waals surface area contributed by atoms with Gasteiger partial charge in [0.25, 0.3) is 0 Å². The van der Waals surface area contributed by atoms with Gasteiger partial charge in [-0.2, -0.15) is 0 Å². The Kier molecular flexibility index (Phi) is 6.88. The van der Waals surface area contributed by atoms with E-state index in [1.807, 2.05) is 0 Å². The summed E-state index contributed by atoms with van der Waals surface area (Å²) in [6, 6.07) is 46.1. The number of hydrogen-bond acceptors (Lipinski definition) is 1. The number of allylic oxidation sites excluding steroid dienone is 3. The summed E-state index contributed by atoms with van der Waals surface area (Å²) >= 11 is 2.45. The monoisotopic (exact) mass is 730 g/mol. The fraction of sp³-hybridized carbons (Fsp3) is 0.130. The van der Waals surface area contributed by atoms with Crippen molar-refractivity contribution in [3.05, 3.63) is 183 Å². The second kappa shape index (κ2) is 11.2. The van der Waals surface area contributed by atoms with E-state index in [0.717, 1.165) is 24.2 Å². The minimum Gasteiger partial charge on any atom is -0.473 e. The standard InChI is InChI=1S/C46H35IO/c1-45(2)41-29-36(47)24-25-39(41)42-37-18-9-10-19-38(37)44-40(43(42)45)26-27-46(48-44,34-16-7-4-8-17-34)35-22-20-31(21-23-35)33-15-11-14-32(28-33)30-12-5-3-6-13-30/h3-20,22,24-29H,21,23H2,1-2H3. The first-order valence-corrected chi connectivity index (χ1v) is 17.9. The molecule has 0 aromatic heterocycles. The van der Waals surface area contributed by atoms with Crippen LogP contribution in [0, 0.1) is 3.57 Å². The largest absolute Gasteiger partial charge is 0.473 e. The van der Waals surface area contributed by atoms with Crippen LogP contribution < -0.4 is 4.74 Å². The molecule has 232 valence electrons. The number of ether oxygens (including phenoxy) is 1. The van der Waals surface area contributed by atoms with Gasteiger partial charge in [0.1, 0.15) is 5.75 Å². The molecule has 0 bridgehead atoms. The van der Waals surface area contributed by atoms with Crippen molar-refractivity contribution in [3.8, 4) is 28.0 Å². The van der Waals surface area contributed by atoms with Crippen LogP contribution in [-0.4, -0.2) is 0 Å². The maximum Gasteiger partial charge on any atom is 0.174 e. The summed E-state index contributed by atoms with van der Waals surface area (Å²) in [5.41, 5.74) is 13.4. The minimum atomic E-state index is -0.704. The summed E-state index contributed by atoms with van der Waals surface area (Å²) in [5.74, 6) is 0.984. The molecule has 0 N–H and O–H groups in total. The van der Waals surface area contributed by atoms with Crippen molar-refractivity contribution < 1.29 is 4.74 Å². The number of benzene rings is 6. The smallest absolute Gasteiger partial charge is 0.174 e. The van der Waals surface area contributed by atoms with Gasteiger partial charge in [0.15, 0.2) is 5.60 Å². The van der Waals surface area contributed by atoms with Crippen molar-refractivity contribution in [1.29, 1.82) is 0 Å². The van der Waals surface area contributed by atoms with Crippen molar-refractivity contribution in [3.63, 3.8) is 0 Å². The van der Waals surface area contributed by atoms with Crippen LogP contribution in [0.2, 0.25) is 0 Å². The molecule has 6 aromatic rings. The first-order chi connectivity index (χ1) is 23.4. The van der Waals surface area contributed by atoms with E-state index in [1.54, 1.807) is 0 Å². The lowest BCUT2D eigenvalue weighted by atomic mass is 9.75. The molecule has 9 rings (SSSR count). The molecule has 1 atom stereocenters. The van der Waals surface area contributed by atoms with Gasteiger partial charge in [-0.3, -0.25) is 0 Å². The molecule has 1 unspecified atom stereocenters. The third-order valence-electron chi connectivity index (χ3n) is 10.7. The van der Waals surface area contributed by atoms with Gasteiger partial charge in [0.05, 0.1) is 0 Å². The second-order valence-corrected chi connectivity index (χ2v) is 15.0. The molecule has 3 aliphatic rings. The van der Waals surface area contributed by atoms with Gasteiger partial charge in [-0.05, 0) is 115 Å². The third-order valence-corrected chi connectivity index (χ3v) is 11.3. The average Bonchev–Trinajstić information content (AvgIpc) is 3.38. The molecule has 2 heteroatoms. The highest BCUT2D eigenvalue weighted by atomic mass is 127. The van der Waals surface area contributed by atoms with Crippen LogP contribution in [0.3, 0.4) is 0 Å². The Hall–Kier alpha value is -4.67. The van der Waals surface area contributed by atoms with Crippen LogP contribution in [0.4, 0.5) is 0 Å². The third kappa shape index (κ3) is 4.49. The molecule has 0 amide bonds. The SMILES string of the molecule is CC1(C)c2cc(I)ccc2-c2c1c1c(c3ccccc23)OC(C2=CC=C(c3cccc(-c4ccccc4)c3)CC2)(c2ccccc2)C=C1. The zero-order valence-electron chi connectivity index (χ0n) is 27.1. The number of rotatable bonds is 4. The van der Waals surface area contributed by atoms with Gasteiger partial charge in [-0.1, -0.05) is 141 Å². The molecule has 1 nitrogen and oxygen atoms in total. The molecular formula is C46H35IO. The van der Waals surface area contributed by atoms with E-state index in [2.05, 4.69) is 188 Å². The summed E-state index contributed by atoms with van der Waals surface area (Å²) in [4.78, 5) is 0. The van der Waals surface area contributed by atoms with Gasteiger partial charge < -0.3 is 4.74 Å². The summed E-state index contributed by atoms with van der Waals surface area (Å²) in [7, 11) is 0. The molecule has 1 heterocycles. The van der Waals surface area contributed by atoms with Gasteiger partial charge in [-0.15, -0.1) is 0 Å². The fourth-order valence-corrected chi connectivity index (χ4v) is 8.81. The molecule has 0 spiro atoms. The van der Waals surface area contributed by atoms with Crippen molar-refractivity contribution in [2.24, 2.45) is 0 Å². The zero-order chi connectivity index (χ0) is 32.5. The van der Waals surface area contributed by atoms with Crippen molar-refractivity contribution >= 4 is 45.0 Å². The molecule has 0 radical (unpaired) electrons. The molecular weight excluding hydrogens is 695 g/mol. The minimum absolute atomic E-state index is 0.156. The van der Waals surface area contributed by atoms with Crippen molar-refractivity contribution in [2.75, 3.05) is 0 Å². The van der Waals surface area contributed by atoms with Crippen molar-refractivity contribution in [2.45, 2.75) is 37.7 Å². The molecule has 48 heavy (non-hydrogen) atoms. The number of hydrogen-bond donors (Lipinski definition) is 0. The van der Waals surface area contributed by atoms with Gasteiger partial charge in [0, 0.05) is 25.5 Å². The number of halogens is 1. The predicted molar refractivity (Wildman–Crippen MR) is 209 cm³/mol. The first kappa shape index (κ1) is 29.5. The maximum absolute atomic E-state index is 7.53. The molecule has 1 aliphatic heterocycles. The Balaban J connectivity index is 1.20. The molecule has 6 aromatic carbocycles. The Morgan fingerprint density at radius 2 is 1.35 bits per heavy atom. The van der Waals surface area contributed by atoms with Crippen LogP contribution in [0.25, 0.3) is 44.7 Å². The van der Waals surface area contributed by atoms with E-state index in [0.29, 0.717) is 0 Å². The van der Waals surface area contributed by atoms with Gasteiger partial charge in [0.2, 0.25) is 0 Å². The van der Waals surface area contributed by atoms with Gasteiger partial charge in [-0.25, -0.2) is 0 Å². The predicted octanol–water partition coefficient (Wildman–Crippen LogP) is 12.5. The summed E-state index contributed by atoms with van der Waals surface area (Å²) < 4.78 is 8.80. The summed E-state index contributed by atoms with van der Waals surface area (Å²) in [6.07, 6.45) is 11.2. The lowest BCUT2D eigenvalue weighted by Crippen LogP contribution is -2.36. The Morgan fingerprint density at radius 3 is 2.12 bits per heavy atom. The summed E-state index contributed by atoms with van der Waals surface area (Å²) in [5, 5.41) is 2.43. The van der Waals surface area contributed by atoms with Crippen LogP contribution in [0.1, 0.15) is 54.5 Å². The number of fused-ring (bicyclic) bond motifs is 8. The quantitative estimate of drug-likeness (QED) is 0.164. The van der Waals surface area contributed by atoms with Crippen LogP contribution in [0.5, 0.6) is 5.75 Å². The topological polar surface area (TPSA) is 9.23 Å². The zero-order valence-corrected chi connectivity index (χ0v) is 29.3. The Labute approximate surface area is 296 Å². The lowest BCUT2D eigenvalue weighted by Gasteiger charge is -2.40. The first-order valence-electron chi connectivity index (χ1n) is 16.8. The van der Waals surface area contributed by atoms with E-state index >= 15 is 0 Å². The fourth-order valence-electron chi connectivity index (χ4n) is 8.32. The van der Waals surface area contributed by atoms with E-state index in [9.17, 15) is 0 Å². The second-order valence-electron chi connectivity index (χ2n) is 13.7. The summed E-state index contributed by atoms with van der Waals surface area (Å²) in [6.45, 7) is 4.75. The van der Waals surface area contributed by atoms with E-state index in [-0.39, 0.29) is 5.41 Å². The van der Waals surface area contributed by atoms with E-state index < -0.39 is 5.60 Å². The highest BCUT2D eigenvalue weighted by Gasteiger charge is 2.45. The Morgan fingerprint density at radius 1 is 0.646 bits per heavy atom. The van der Waals surface area contributed by atoms with Crippen LogP contribution >= 0.6 is 22.6 Å². The molecule has 2 aliphatic carbocycles. The maximum atomic E-state index is 7.53. The van der Waals surface area contributed by atoms with E-state index in [1.165, 1.54) is 70.0 Å². The van der Waals surface area contributed by atoms with Gasteiger partial charge >= 0.3 is 0 Å². The highest BCUT2D eigenvalue weighted by Crippen LogP contribution is 2.58. The lowest BCUT2D eigenvalue weighted by molar-refractivity contribution is 0.154. The molecule has 0 saturated heterocycles. The highest BCUT2D eigenvalue weighted by molar-refractivity contribution is 14.1. The van der Waals surface area contributed by atoms with Crippen LogP contribution in [-0.2, 0) is 11.0 Å².